The Bertz CT molecular complexity index is 570. The summed E-state index contributed by atoms with van der Waals surface area (Å²) < 4.78 is 10.7. The maximum Gasteiger partial charge on any atom is 0.219 e. The van der Waals surface area contributed by atoms with Gasteiger partial charge in [-0.1, -0.05) is 12.1 Å². The van der Waals surface area contributed by atoms with Crippen LogP contribution in [0.2, 0.25) is 0 Å². The number of nitrogens with zero attached hydrogens (tertiary/aromatic N) is 1. The predicted octanol–water partition coefficient (Wildman–Crippen LogP) is 2.17. The second-order valence-electron chi connectivity index (χ2n) is 3.56. The SMILES string of the molecule is COc1cccc(Oc2cccc(C(=N)N)n2)c1. The number of nitrogens with two attached hydrogens (primary N) is 1. The van der Waals surface area contributed by atoms with Gasteiger partial charge in [-0.15, -0.1) is 0 Å². The Morgan fingerprint density at radius 3 is 2.61 bits per heavy atom. The number of pyridine rings is 1. The number of ether oxygens (including phenoxy) is 2. The van der Waals surface area contributed by atoms with Crippen LogP contribution >= 0.6 is 0 Å². The third-order valence-electron chi connectivity index (χ3n) is 2.26. The van der Waals surface area contributed by atoms with Crippen LogP contribution in [0.5, 0.6) is 17.4 Å². The number of methoxy groups -OCH3 is 1. The molecule has 0 bridgehead atoms. The first-order chi connectivity index (χ1) is 8.69. The molecule has 0 saturated carbocycles. The monoisotopic (exact) mass is 243 g/mol. The fourth-order valence-electron chi connectivity index (χ4n) is 1.41. The van der Waals surface area contributed by atoms with Crippen molar-refractivity contribution >= 4 is 5.84 Å². The first-order valence-corrected chi connectivity index (χ1v) is 5.32. The molecule has 0 atom stereocenters. The van der Waals surface area contributed by atoms with Crippen molar-refractivity contribution < 1.29 is 9.47 Å². The van der Waals surface area contributed by atoms with Gasteiger partial charge in [0.25, 0.3) is 0 Å². The molecule has 1 heterocycles. The van der Waals surface area contributed by atoms with E-state index in [-0.39, 0.29) is 5.84 Å². The Kier molecular flexibility index (Phi) is 3.43. The smallest absolute Gasteiger partial charge is 0.219 e. The molecular weight excluding hydrogens is 230 g/mol. The molecule has 2 rings (SSSR count). The molecule has 2 aromatic rings. The van der Waals surface area contributed by atoms with Gasteiger partial charge in [0, 0.05) is 12.1 Å². The lowest BCUT2D eigenvalue weighted by molar-refractivity contribution is 0.407. The Hall–Kier alpha value is -2.56. The molecular formula is C13H13N3O2. The van der Waals surface area contributed by atoms with Gasteiger partial charge in [0.15, 0.2) is 0 Å². The fourth-order valence-corrected chi connectivity index (χ4v) is 1.41. The summed E-state index contributed by atoms with van der Waals surface area (Å²) in [5, 5.41) is 7.32. The lowest BCUT2D eigenvalue weighted by atomic mass is 10.3. The molecule has 0 spiro atoms. The van der Waals surface area contributed by atoms with Crippen LogP contribution in [-0.4, -0.2) is 17.9 Å². The molecule has 1 aromatic heterocycles. The van der Waals surface area contributed by atoms with E-state index in [4.69, 9.17) is 20.6 Å². The van der Waals surface area contributed by atoms with Gasteiger partial charge in [-0.2, -0.15) is 0 Å². The van der Waals surface area contributed by atoms with Gasteiger partial charge < -0.3 is 15.2 Å². The van der Waals surface area contributed by atoms with E-state index in [1.165, 1.54) is 0 Å². The predicted molar refractivity (Wildman–Crippen MR) is 68.3 cm³/mol. The number of rotatable bonds is 4. The summed E-state index contributed by atoms with van der Waals surface area (Å²) >= 11 is 0. The van der Waals surface area contributed by atoms with Crippen molar-refractivity contribution in [3.05, 3.63) is 48.2 Å². The van der Waals surface area contributed by atoms with Gasteiger partial charge in [-0.05, 0) is 18.2 Å². The molecule has 0 amide bonds. The summed E-state index contributed by atoms with van der Waals surface area (Å²) in [5.74, 6) is 1.61. The fraction of sp³-hybridized carbons (Fsp3) is 0.0769. The number of hydrogen-bond acceptors (Lipinski definition) is 4. The molecule has 5 nitrogen and oxygen atoms in total. The van der Waals surface area contributed by atoms with Gasteiger partial charge in [0.2, 0.25) is 5.88 Å². The molecule has 0 aliphatic rings. The topological polar surface area (TPSA) is 81.2 Å². The van der Waals surface area contributed by atoms with E-state index in [0.29, 0.717) is 23.1 Å². The maximum absolute atomic E-state index is 7.32. The highest BCUT2D eigenvalue weighted by Gasteiger charge is 2.03. The second kappa shape index (κ2) is 5.18. The molecule has 0 saturated heterocycles. The lowest BCUT2D eigenvalue weighted by Gasteiger charge is -2.07. The van der Waals surface area contributed by atoms with Crippen LogP contribution < -0.4 is 15.2 Å². The van der Waals surface area contributed by atoms with Crippen LogP contribution in [0.25, 0.3) is 0 Å². The van der Waals surface area contributed by atoms with Crippen molar-refractivity contribution in [3.63, 3.8) is 0 Å². The van der Waals surface area contributed by atoms with E-state index in [2.05, 4.69) is 4.98 Å². The molecule has 92 valence electrons. The minimum absolute atomic E-state index is 0.0916. The maximum atomic E-state index is 7.32. The summed E-state index contributed by atoms with van der Waals surface area (Å²) in [6.45, 7) is 0. The lowest BCUT2D eigenvalue weighted by Crippen LogP contribution is -2.13. The van der Waals surface area contributed by atoms with Crippen LogP contribution in [0, 0.1) is 5.41 Å². The van der Waals surface area contributed by atoms with Crippen molar-refractivity contribution in [3.8, 4) is 17.4 Å². The molecule has 18 heavy (non-hydrogen) atoms. The zero-order chi connectivity index (χ0) is 13.0. The summed E-state index contributed by atoms with van der Waals surface area (Å²) in [6, 6.07) is 12.3. The highest BCUT2D eigenvalue weighted by Crippen LogP contribution is 2.23. The van der Waals surface area contributed by atoms with Crippen molar-refractivity contribution in [2.45, 2.75) is 0 Å². The normalized spacial score (nSPS) is 9.83. The number of nitrogens with one attached hydrogen (secondary N) is 1. The summed E-state index contributed by atoms with van der Waals surface area (Å²) in [6.07, 6.45) is 0. The molecule has 5 heteroatoms. The molecule has 3 N–H and O–H groups in total. The van der Waals surface area contributed by atoms with Crippen molar-refractivity contribution in [1.82, 2.24) is 4.98 Å². The van der Waals surface area contributed by atoms with Crippen molar-refractivity contribution in [2.75, 3.05) is 7.11 Å². The number of nitrogen functional groups attached to an aromatic ring is 1. The molecule has 0 fully saturated rings. The number of amidine groups is 1. The average Bonchev–Trinajstić information content (AvgIpc) is 2.39. The van der Waals surface area contributed by atoms with Crippen molar-refractivity contribution in [2.24, 2.45) is 5.73 Å². The van der Waals surface area contributed by atoms with Crippen LogP contribution in [0.15, 0.2) is 42.5 Å². The molecule has 0 radical (unpaired) electrons. The number of hydrogen-bond donors (Lipinski definition) is 2. The highest BCUT2D eigenvalue weighted by molar-refractivity contribution is 5.93. The van der Waals surface area contributed by atoms with E-state index in [9.17, 15) is 0 Å². The number of aromatic nitrogens is 1. The minimum Gasteiger partial charge on any atom is -0.497 e. The minimum atomic E-state index is -0.0916. The Balaban J connectivity index is 2.22. The first-order valence-electron chi connectivity index (χ1n) is 5.32. The summed E-state index contributed by atoms with van der Waals surface area (Å²) in [4.78, 5) is 4.11. The van der Waals surface area contributed by atoms with Gasteiger partial charge >= 0.3 is 0 Å². The third-order valence-corrected chi connectivity index (χ3v) is 2.26. The van der Waals surface area contributed by atoms with Crippen LogP contribution in [0.1, 0.15) is 5.69 Å². The zero-order valence-corrected chi connectivity index (χ0v) is 9.88. The van der Waals surface area contributed by atoms with Gasteiger partial charge in [0.05, 0.1) is 7.11 Å². The van der Waals surface area contributed by atoms with Crippen molar-refractivity contribution in [1.29, 1.82) is 5.41 Å². The van der Waals surface area contributed by atoms with E-state index in [1.54, 1.807) is 37.4 Å². The Morgan fingerprint density at radius 2 is 1.89 bits per heavy atom. The quantitative estimate of drug-likeness (QED) is 0.637. The third kappa shape index (κ3) is 2.76. The van der Waals surface area contributed by atoms with E-state index in [1.807, 2.05) is 12.1 Å². The van der Waals surface area contributed by atoms with Crippen LogP contribution in [-0.2, 0) is 0 Å². The summed E-state index contributed by atoms with van der Waals surface area (Å²) in [5.41, 5.74) is 5.75. The molecule has 0 unspecified atom stereocenters. The molecule has 1 aromatic carbocycles. The summed E-state index contributed by atoms with van der Waals surface area (Å²) in [7, 11) is 1.59. The highest BCUT2D eigenvalue weighted by atomic mass is 16.5. The van der Waals surface area contributed by atoms with Gasteiger partial charge in [-0.3, -0.25) is 5.41 Å². The van der Waals surface area contributed by atoms with Gasteiger partial charge in [-0.25, -0.2) is 4.98 Å². The molecule has 0 aliphatic heterocycles. The van der Waals surface area contributed by atoms with E-state index in [0.717, 1.165) is 0 Å². The van der Waals surface area contributed by atoms with Crippen LogP contribution in [0.3, 0.4) is 0 Å². The Morgan fingerprint density at radius 1 is 1.17 bits per heavy atom. The standard InChI is InChI=1S/C13H13N3O2/c1-17-9-4-2-5-10(8-9)18-12-7-3-6-11(16-12)13(14)15/h2-8H,1H3,(H3,14,15). The van der Waals surface area contributed by atoms with E-state index >= 15 is 0 Å². The Labute approximate surface area is 105 Å². The second-order valence-corrected chi connectivity index (χ2v) is 3.56. The first kappa shape index (κ1) is 11.9. The van der Waals surface area contributed by atoms with Gasteiger partial charge in [0.1, 0.15) is 23.0 Å². The largest absolute Gasteiger partial charge is 0.497 e. The van der Waals surface area contributed by atoms with Crippen LogP contribution in [0.4, 0.5) is 0 Å². The number of benzene rings is 1. The molecule has 0 aliphatic carbocycles. The zero-order valence-electron chi connectivity index (χ0n) is 9.88. The average molecular weight is 243 g/mol. The van der Waals surface area contributed by atoms with E-state index < -0.39 is 0 Å².